The maximum atomic E-state index is 13.7. The molecule has 1 aliphatic rings. The standard InChI is InChI=1S/C15H13Cl2F2N3O/c16-12-9(18)5-10(19)13(17)15(12)23-14(8-1-2-20-6-8)11-7-21-3-4-22-11/h3-5,7-8,14,20H,1-2,6H2. The zero-order valence-corrected chi connectivity index (χ0v) is 13.4. The molecule has 1 aromatic carbocycles. The van der Waals surface area contributed by atoms with Gasteiger partial charge in [0.2, 0.25) is 0 Å². The van der Waals surface area contributed by atoms with Crippen molar-refractivity contribution >= 4 is 23.2 Å². The first-order chi connectivity index (χ1) is 11.1. The van der Waals surface area contributed by atoms with Gasteiger partial charge in [-0.1, -0.05) is 23.2 Å². The minimum absolute atomic E-state index is 0.0603. The fourth-order valence-electron chi connectivity index (χ4n) is 2.57. The van der Waals surface area contributed by atoms with Crippen molar-refractivity contribution in [1.29, 1.82) is 0 Å². The number of halogens is 4. The Bertz CT molecular complexity index is 671. The summed E-state index contributed by atoms with van der Waals surface area (Å²) in [6.07, 6.45) is 4.89. The fourth-order valence-corrected chi connectivity index (χ4v) is 3.01. The fraction of sp³-hybridized carbons (Fsp3) is 0.333. The number of benzene rings is 1. The van der Waals surface area contributed by atoms with Gasteiger partial charge in [0.25, 0.3) is 0 Å². The van der Waals surface area contributed by atoms with Crippen LogP contribution in [0, 0.1) is 17.6 Å². The summed E-state index contributed by atoms with van der Waals surface area (Å²) in [5.41, 5.74) is 0.554. The third-order valence-electron chi connectivity index (χ3n) is 3.72. The molecule has 0 spiro atoms. The van der Waals surface area contributed by atoms with E-state index in [0.29, 0.717) is 18.3 Å². The highest BCUT2D eigenvalue weighted by molar-refractivity contribution is 6.37. The molecule has 1 fully saturated rings. The zero-order chi connectivity index (χ0) is 16.4. The first-order valence-corrected chi connectivity index (χ1v) is 7.79. The average Bonchev–Trinajstić information content (AvgIpc) is 3.08. The molecule has 23 heavy (non-hydrogen) atoms. The van der Waals surface area contributed by atoms with Crippen molar-refractivity contribution in [3.05, 3.63) is 52.0 Å². The van der Waals surface area contributed by atoms with Gasteiger partial charge in [0.05, 0.1) is 11.9 Å². The number of aromatic nitrogens is 2. The minimum atomic E-state index is -0.925. The van der Waals surface area contributed by atoms with Crippen molar-refractivity contribution in [1.82, 2.24) is 15.3 Å². The van der Waals surface area contributed by atoms with E-state index in [9.17, 15) is 8.78 Å². The predicted octanol–water partition coefficient (Wildman–Crippen LogP) is 3.79. The van der Waals surface area contributed by atoms with Crippen molar-refractivity contribution in [2.75, 3.05) is 13.1 Å². The molecule has 122 valence electrons. The van der Waals surface area contributed by atoms with Gasteiger partial charge in [-0.25, -0.2) is 8.78 Å². The number of hydrogen-bond donors (Lipinski definition) is 1. The summed E-state index contributed by atoms with van der Waals surface area (Å²) in [5, 5.41) is 2.52. The van der Waals surface area contributed by atoms with E-state index in [1.165, 1.54) is 12.4 Å². The van der Waals surface area contributed by atoms with Gasteiger partial charge in [0, 0.05) is 30.9 Å². The molecule has 2 heterocycles. The Balaban J connectivity index is 1.99. The van der Waals surface area contributed by atoms with Crippen LogP contribution in [-0.2, 0) is 0 Å². The van der Waals surface area contributed by atoms with Crippen LogP contribution in [0.15, 0.2) is 24.7 Å². The molecular formula is C15H13Cl2F2N3O. The first-order valence-electron chi connectivity index (χ1n) is 7.04. The van der Waals surface area contributed by atoms with Crippen LogP contribution in [0.2, 0.25) is 10.0 Å². The van der Waals surface area contributed by atoms with Crippen LogP contribution in [0.1, 0.15) is 18.2 Å². The lowest BCUT2D eigenvalue weighted by atomic mass is 9.99. The summed E-state index contributed by atoms with van der Waals surface area (Å²) < 4.78 is 33.2. The molecule has 0 radical (unpaired) electrons. The highest BCUT2D eigenvalue weighted by Crippen LogP contribution is 2.41. The van der Waals surface area contributed by atoms with Crippen LogP contribution in [0.4, 0.5) is 8.78 Å². The van der Waals surface area contributed by atoms with Crippen LogP contribution < -0.4 is 10.1 Å². The van der Waals surface area contributed by atoms with Crippen molar-refractivity contribution in [3.63, 3.8) is 0 Å². The summed E-state index contributed by atoms with van der Waals surface area (Å²) in [5.74, 6) is -2.00. The van der Waals surface area contributed by atoms with Crippen LogP contribution in [0.25, 0.3) is 0 Å². The molecule has 0 saturated carbocycles. The first kappa shape index (κ1) is 16.4. The quantitative estimate of drug-likeness (QED) is 0.843. The van der Waals surface area contributed by atoms with Gasteiger partial charge in [0.1, 0.15) is 27.8 Å². The summed E-state index contributed by atoms with van der Waals surface area (Å²) in [4.78, 5) is 8.26. The molecule has 4 nitrogen and oxygen atoms in total. The van der Waals surface area contributed by atoms with E-state index in [0.717, 1.165) is 13.0 Å². The molecule has 0 bridgehead atoms. The topological polar surface area (TPSA) is 47.0 Å². The summed E-state index contributed by atoms with van der Waals surface area (Å²) in [6.45, 7) is 1.51. The lowest BCUT2D eigenvalue weighted by molar-refractivity contribution is 0.139. The third-order valence-corrected chi connectivity index (χ3v) is 4.42. The second-order valence-corrected chi connectivity index (χ2v) is 5.97. The van der Waals surface area contributed by atoms with Crippen LogP contribution >= 0.6 is 23.2 Å². The van der Waals surface area contributed by atoms with E-state index in [1.54, 1.807) is 6.20 Å². The Kier molecular flexibility index (Phi) is 4.94. The van der Waals surface area contributed by atoms with Crippen LogP contribution in [-0.4, -0.2) is 23.1 Å². The molecule has 2 unspecified atom stereocenters. The Morgan fingerprint density at radius 1 is 1.22 bits per heavy atom. The lowest BCUT2D eigenvalue weighted by Gasteiger charge is -2.24. The van der Waals surface area contributed by atoms with Gasteiger partial charge in [-0.3, -0.25) is 9.97 Å². The third kappa shape index (κ3) is 3.39. The Hall–Kier alpha value is -1.50. The molecular weight excluding hydrogens is 347 g/mol. The highest BCUT2D eigenvalue weighted by atomic mass is 35.5. The van der Waals surface area contributed by atoms with Gasteiger partial charge in [0.15, 0.2) is 5.75 Å². The lowest BCUT2D eigenvalue weighted by Crippen LogP contribution is -2.23. The summed E-state index contributed by atoms with van der Waals surface area (Å²) in [7, 11) is 0. The Labute approximate surface area is 141 Å². The number of ether oxygens (including phenoxy) is 1. The normalized spacial score (nSPS) is 18.9. The monoisotopic (exact) mass is 359 g/mol. The predicted molar refractivity (Wildman–Crippen MR) is 82.8 cm³/mol. The summed E-state index contributed by atoms with van der Waals surface area (Å²) in [6, 6.07) is 0.631. The highest BCUT2D eigenvalue weighted by Gasteiger charge is 2.31. The molecule has 1 saturated heterocycles. The minimum Gasteiger partial charge on any atom is -0.480 e. The zero-order valence-electron chi connectivity index (χ0n) is 11.9. The van der Waals surface area contributed by atoms with E-state index >= 15 is 0 Å². The van der Waals surface area contributed by atoms with E-state index in [2.05, 4.69) is 15.3 Å². The molecule has 0 amide bonds. The van der Waals surface area contributed by atoms with E-state index in [4.69, 9.17) is 27.9 Å². The maximum Gasteiger partial charge on any atom is 0.163 e. The molecule has 2 atom stereocenters. The number of nitrogens with zero attached hydrogens (tertiary/aromatic N) is 2. The van der Waals surface area contributed by atoms with Gasteiger partial charge < -0.3 is 10.1 Å². The number of rotatable bonds is 4. The van der Waals surface area contributed by atoms with Crippen molar-refractivity contribution in [2.24, 2.45) is 5.92 Å². The van der Waals surface area contributed by atoms with Gasteiger partial charge in [-0.2, -0.15) is 0 Å². The second kappa shape index (κ2) is 6.95. The molecule has 1 N–H and O–H groups in total. The van der Waals surface area contributed by atoms with Crippen molar-refractivity contribution in [3.8, 4) is 5.75 Å². The second-order valence-electron chi connectivity index (χ2n) is 5.22. The molecule has 8 heteroatoms. The van der Waals surface area contributed by atoms with E-state index in [-0.39, 0.29) is 21.7 Å². The van der Waals surface area contributed by atoms with E-state index in [1.807, 2.05) is 0 Å². The Morgan fingerprint density at radius 2 is 1.96 bits per heavy atom. The smallest absolute Gasteiger partial charge is 0.163 e. The number of nitrogens with one attached hydrogen (secondary N) is 1. The molecule has 2 aromatic rings. The Morgan fingerprint density at radius 3 is 2.52 bits per heavy atom. The van der Waals surface area contributed by atoms with Gasteiger partial charge in [-0.15, -0.1) is 0 Å². The largest absolute Gasteiger partial charge is 0.480 e. The van der Waals surface area contributed by atoms with Crippen molar-refractivity contribution < 1.29 is 13.5 Å². The number of hydrogen-bond acceptors (Lipinski definition) is 4. The van der Waals surface area contributed by atoms with Crippen molar-refractivity contribution in [2.45, 2.75) is 12.5 Å². The van der Waals surface area contributed by atoms with Crippen LogP contribution in [0.3, 0.4) is 0 Å². The maximum absolute atomic E-state index is 13.7. The SMILES string of the molecule is Fc1cc(F)c(Cl)c(OC(c2cnccn2)C2CCNC2)c1Cl. The molecule has 1 aliphatic heterocycles. The van der Waals surface area contributed by atoms with E-state index < -0.39 is 17.7 Å². The summed E-state index contributed by atoms with van der Waals surface area (Å²) >= 11 is 11.8. The molecule has 3 rings (SSSR count). The van der Waals surface area contributed by atoms with Gasteiger partial charge >= 0.3 is 0 Å². The van der Waals surface area contributed by atoms with Gasteiger partial charge in [-0.05, 0) is 13.0 Å². The van der Waals surface area contributed by atoms with Crippen LogP contribution in [0.5, 0.6) is 5.75 Å². The molecule has 1 aromatic heterocycles. The molecule has 0 aliphatic carbocycles. The average molecular weight is 360 g/mol.